The number of rotatable bonds is 7. The maximum Gasteiger partial charge on any atom is 0.259 e. The van der Waals surface area contributed by atoms with E-state index in [0.717, 1.165) is 63.8 Å². The van der Waals surface area contributed by atoms with Crippen molar-refractivity contribution in [1.29, 1.82) is 0 Å². The molecule has 5 aromatic rings. The van der Waals surface area contributed by atoms with Crippen LogP contribution in [0, 0.1) is 0 Å². The number of ether oxygens (including phenoxy) is 1. The van der Waals surface area contributed by atoms with Gasteiger partial charge in [0, 0.05) is 32.9 Å². The Labute approximate surface area is 236 Å². The molecule has 6 heteroatoms. The van der Waals surface area contributed by atoms with Crippen LogP contribution in [0.2, 0.25) is 5.02 Å². The summed E-state index contributed by atoms with van der Waals surface area (Å²) < 4.78 is 6.29. The molecule has 1 N–H and O–H groups in total. The second-order valence-electron chi connectivity index (χ2n) is 9.55. The van der Waals surface area contributed by atoms with Crippen LogP contribution in [0.25, 0.3) is 10.8 Å². The van der Waals surface area contributed by atoms with E-state index in [1.54, 1.807) is 11.3 Å². The molecule has 0 bridgehead atoms. The summed E-state index contributed by atoms with van der Waals surface area (Å²) in [4.78, 5) is 19.8. The minimum atomic E-state index is -0.110. The van der Waals surface area contributed by atoms with Crippen LogP contribution in [0.5, 0.6) is 5.75 Å². The van der Waals surface area contributed by atoms with Gasteiger partial charge in [0.1, 0.15) is 17.4 Å². The summed E-state index contributed by atoms with van der Waals surface area (Å²) in [7, 11) is 0. The minimum Gasteiger partial charge on any atom is -0.488 e. The third-order valence-corrected chi connectivity index (χ3v) is 8.56. The van der Waals surface area contributed by atoms with E-state index in [4.69, 9.17) is 21.3 Å². The van der Waals surface area contributed by atoms with Crippen molar-refractivity contribution in [3.05, 3.63) is 123 Å². The summed E-state index contributed by atoms with van der Waals surface area (Å²) >= 11 is 8.00. The van der Waals surface area contributed by atoms with E-state index in [9.17, 15) is 4.79 Å². The van der Waals surface area contributed by atoms with Crippen molar-refractivity contribution in [1.82, 2.24) is 0 Å². The second-order valence-corrected chi connectivity index (χ2v) is 11.0. The van der Waals surface area contributed by atoms with E-state index in [1.165, 1.54) is 4.88 Å². The molecule has 1 amide bonds. The van der Waals surface area contributed by atoms with Crippen LogP contribution >= 0.6 is 22.9 Å². The largest absolute Gasteiger partial charge is 0.488 e. The summed E-state index contributed by atoms with van der Waals surface area (Å²) in [5.74, 6) is 0.606. The van der Waals surface area contributed by atoms with Gasteiger partial charge in [-0.3, -0.25) is 4.79 Å². The monoisotopic (exact) mass is 550 g/mol. The summed E-state index contributed by atoms with van der Waals surface area (Å²) in [6, 6.07) is 29.5. The first kappa shape index (κ1) is 25.4. The molecular formula is C33H27ClN2O2S. The third kappa shape index (κ3) is 5.47. The van der Waals surface area contributed by atoms with Crippen LogP contribution in [0.1, 0.15) is 44.8 Å². The van der Waals surface area contributed by atoms with E-state index < -0.39 is 0 Å². The molecule has 0 fully saturated rings. The first-order valence-corrected chi connectivity index (χ1v) is 14.3. The van der Waals surface area contributed by atoms with Gasteiger partial charge in [-0.25, -0.2) is 4.99 Å². The lowest BCUT2D eigenvalue weighted by Gasteiger charge is -2.13. The fraction of sp³-hybridized carbons (Fsp3) is 0.152. The molecule has 0 saturated carbocycles. The molecular weight excluding hydrogens is 524 g/mol. The number of fused-ring (bicyclic) bond motifs is 2. The molecule has 0 radical (unpaired) electrons. The van der Waals surface area contributed by atoms with Gasteiger partial charge < -0.3 is 10.1 Å². The number of anilines is 1. The fourth-order valence-electron chi connectivity index (χ4n) is 5.02. The Morgan fingerprint density at radius 3 is 2.56 bits per heavy atom. The highest BCUT2D eigenvalue weighted by Gasteiger charge is 2.25. The van der Waals surface area contributed by atoms with Crippen molar-refractivity contribution in [2.45, 2.75) is 32.3 Å². The Hall–Kier alpha value is -3.93. The number of carbonyl (C=O) groups excluding carboxylic acids is 1. The summed E-state index contributed by atoms with van der Waals surface area (Å²) in [5, 5.41) is 6.61. The normalized spacial score (nSPS) is 12.9. The number of thiophene rings is 1. The molecule has 1 aliphatic rings. The number of hydrogen-bond acceptors (Lipinski definition) is 4. The number of halogens is 1. The molecule has 0 spiro atoms. The van der Waals surface area contributed by atoms with E-state index in [-0.39, 0.29) is 5.91 Å². The van der Waals surface area contributed by atoms with Gasteiger partial charge in [-0.2, -0.15) is 0 Å². The summed E-state index contributed by atoms with van der Waals surface area (Å²) in [6.45, 7) is 0.344. The number of aliphatic imine (C=N–C) groups is 1. The van der Waals surface area contributed by atoms with E-state index in [1.807, 2.05) is 79.0 Å². The minimum absolute atomic E-state index is 0.110. The van der Waals surface area contributed by atoms with E-state index in [2.05, 4.69) is 23.5 Å². The first-order chi connectivity index (χ1) is 19.2. The molecule has 1 heterocycles. The number of para-hydroxylation sites is 1. The van der Waals surface area contributed by atoms with Gasteiger partial charge in [0.05, 0.1) is 5.56 Å². The number of carbonyl (C=O) groups is 1. The van der Waals surface area contributed by atoms with E-state index >= 15 is 0 Å². The highest BCUT2D eigenvalue weighted by atomic mass is 35.5. The molecule has 39 heavy (non-hydrogen) atoms. The van der Waals surface area contributed by atoms with Crippen LogP contribution in [0.4, 0.5) is 10.7 Å². The Balaban J connectivity index is 1.38. The van der Waals surface area contributed by atoms with Crippen LogP contribution in [-0.2, 0) is 19.4 Å². The highest BCUT2D eigenvalue weighted by molar-refractivity contribution is 7.16. The first-order valence-electron chi connectivity index (χ1n) is 13.1. The zero-order valence-corrected chi connectivity index (χ0v) is 22.9. The molecule has 0 aliphatic heterocycles. The average molecular weight is 551 g/mol. The van der Waals surface area contributed by atoms with Crippen LogP contribution < -0.4 is 10.1 Å². The Kier molecular flexibility index (Phi) is 7.44. The Bertz CT molecular complexity index is 1680. The van der Waals surface area contributed by atoms with Crippen LogP contribution in [-0.4, -0.2) is 12.1 Å². The topological polar surface area (TPSA) is 50.7 Å². The quantitative estimate of drug-likeness (QED) is 0.205. The predicted octanol–water partition coefficient (Wildman–Crippen LogP) is 9.02. The van der Waals surface area contributed by atoms with Gasteiger partial charge in [0.2, 0.25) is 0 Å². The average Bonchev–Trinajstić information content (AvgIpc) is 3.35. The molecule has 0 atom stereocenters. The van der Waals surface area contributed by atoms with Gasteiger partial charge in [0.25, 0.3) is 5.91 Å². The lowest BCUT2D eigenvalue weighted by molar-refractivity contribution is 0.102. The smallest absolute Gasteiger partial charge is 0.259 e. The third-order valence-electron chi connectivity index (χ3n) is 6.99. The standard InChI is InChI=1S/C33H27ClN2O2S/c34-28-16-8-5-11-23(28)21-38-29-19-18-22-10-4-6-14-25(22)27(29)20-35-33-31(26-15-7-9-17-30(26)39-33)32(37)36-24-12-2-1-3-13-24/h1-6,8,10-14,16,18-20H,7,9,15,17,21H2,(H,36,37). The highest BCUT2D eigenvalue weighted by Crippen LogP contribution is 2.40. The maximum atomic E-state index is 13.5. The number of amides is 1. The van der Waals surface area contributed by atoms with Gasteiger partial charge in [-0.05, 0) is 66.3 Å². The van der Waals surface area contributed by atoms with Crippen molar-refractivity contribution in [3.63, 3.8) is 0 Å². The van der Waals surface area contributed by atoms with Crippen molar-refractivity contribution in [2.24, 2.45) is 4.99 Å². The molecule has 1 aromatic heterocycles. The van der Waals surface area contributed by atoms with Gasteiger partial charge in [-0.1, -0.05) is 78.3 Å². The number of benzene rings is 4. The van der Waals surface area contributed by atoms with Crippen molar-refractivity contribution in [2.75, 3.05) is 5.32 Å². The van der Waals surface area contributed by atoms with Gasteiger partial charge >= 0.3 is 0 Å². The van der Waals surface area contributed by atoms with Crippen LogP contribution in [0.15, 0.2) is 96.0 Å². The maximum absolute atomic E-state index is 13.5. The second kappa shape index (κ2) is 11.4. The molecule has 1 aliphatic carbocycles. The number of hydrogen-bond donors (Lipinski definition) is 1. The van der Waals surface area contributed by atoms with Crippen LogP contribution in [0.3, 0.4) is 0 Å². The van der Waals surface area contributed by atoms with Crippen molar-refractivity contribution < 1.29 is 9.53 Å². The SMILES string of the molecule is O=C(Nc1ccccc1)c1c(N=Cc2c(OCc3ccccc3Cl)ccc3ccccc23)sc2c1CCCC2. The lowest BCUT2D eigenvalue weighted by atomic mass is 9.95. The zero-order chi connectivity index (χ0) is 26.6. The molecule has 4 nitrogen and oxygen atoms in total. The van der Waals surface area contributed by atoms with Crippen molar-refractivity contribution in [3.8, 4) is 5.75 Å². The molecule has 0 unspecified atom stereocenters. The lowest BCUT2D eigenvalue weighted by Crippen LogP contribution is -2.14. The molecule has 194 valence electrons. The molecule has 6 rings (SSSR count). The fourth-order valence-corrected chi connectivity index (χ4v) is 6.44. The van der Waals surface area contributed by atoms with E-state index in [0.29, 0.717) is 22.9 Å². The zero-order valence-electron chi connectivity index (χ0n) is 21.3. The number of aryl methyl sites for hydroxylation is 1. The Morgan fingerprint density at radius 2 is 1.69 bits per heavy atom. The number of nitrogens with zero attached hydrogens (tertiary/aromatic N) is 1. The Morgan fingerprint density at radius 1 is 0.923 bits per heavy atom. The summed E-state index contributed by atoms with van der Waals surface area (Å²) in [6.07, 6.45) is 5.96. The molecule has 4 aromatic carbocycles. The van der Waals surface area contributed by atoms with Crippen molar-refractivity contribution >= 4 is 56.5 Å². The van der Waals surface area contributed by atoms with Gasteiger partial charge in [-0.15, -0.1) is 11.3 Å². The number of nitrogens with one attached hydrogen (secondary N) is 1. The van der Waals surface area contributed by atoms with Gasteiger partial charge in [0.15, 0.2) is 0 Å². The molecule has 0 saturated heterocycles. The summed E-state index contributed by atoms with van der Waals surface area (Å²) in [5.41, 5.74) is 4.40. The predicted molar refractivity (Wildman–Crippen MR) is 162 cm³/mol.